The Labute approximate surface area is 220 Å². The van der Waals surface area contributed by atoms with Crippen molar-refractivity contribution in [2.45, 2.75) is 6.54 Å². The zero-order valence-electron chi connectivity index (χ0n) is 19.6. The summed E-state index contributed by atoms with van der Waals surface area (Å²) in [7, 11) is 1.58. The normalized spacial score (nSPS) is 13.8. The standard InChI is InChI=1S/C27H28BrN3O3S/c1-33-24-17-21(16-23(28)26(24)34-19-25(32)29-22-10-6-3-7-11-22)27(35)31-14-12-30(13-15-31)18-20-8-4-2-5-9-20/h2-11,16-17H,12-15,18-19H2,1H3,(H,29,32). The summed E-state index contributed by atoms with van der Waals surface area (Å²) >= 11 is 9.40. The van der Waals surface area contributed by atoms with Crippen LogP contribution in [0.4, 0.5) is 5.69 Å². The molecule has 1 N–H and O–H groups in total. The number of carbonyl (C=O) groups excluding carboxylic acids is 1. The zero-order valence-corrected chi connectivity index (χ0v) is 22.0. The second kappa shape index (κ2) is 12.2. The molecule has 0 radical (unpaired) electrons. The molecule has 182 valence electrons. The number of rotatable bonds is 8. The Balaban J connectivity index is 1.35. The maximum atomic E-state index is 12.3. The number of hydrogen-bond donors (Lipinski definition) is 1. The fourth-order valence-electron chi connectivity index (χ4n) is 3.97. The Bertz CT molecular complexity index is 1150. The number of piperazine rings is 1. The summed E-state index contributed by atoms with van der Waals surface area (Å²) < 4.78 is 12.0. The second-order valence-corrected chi connectivity index (χ2v) is 9.49. The van der Waals surface area contributed by atoms with Gasteiger partial charge >= 0.3 is 0 Å². The van der Waals surface area contributed by atoms with Crippen LogP contribution >= 0.6 is 28.1 Å². The number of methoxy groups -OCH3 is 1. The summed E-state index contributed by atoms with van der Waals surface area (Å²) in [4.78, 5) is 17.7. The third kappa shape index (κ3) is 6.81. The Morgan fingerprint density at radius 2 is 1.66 bits per heavy atom. The van der Waals surface area contributed by atoms with Crippen molar-refractivity contribution in [3.05, 3.63) is 88.4 Å². The lowest BCUT2D eigenvalue weighted by Gasteiger charge is -2.36. The van der Waals surface area contributed by atoms with E-state index in [1.807, 2.05) is 48.5 Å². The van der Waals surface area contributed by atoms with E-state index in [2.05, 4.69) is 55.3 Å². The van der Waals surface area contributed by atoms with Gasteiger partial charge in [0, 0.05) is 44.0 Å². The van der Waals surface area contributed by atoms with E-state index >= 15 is 0 Å². The van der Waals surface area contributed by atoms with Crippen LogP contribution in [-0.2, 0) is 11.3 Å². The molecule has 3 aromatic rings. The van der Waals surface area contributed by atoms with Crippen molar-refractivity contribution in [1.82, 2.24) is 9.80 Å². The van der Waals surface area contributed by atoms with E-state index in [-0.39, 0.29) is 12.5 Å². The van der Waals surface area contributed by atoms with Gasteiger partial charge in [-0.1, -0.05) is 60.7 Å². The Kier molecular flexibility index (Phi) is 8.74. The van der Waals surface area contributed by atoms with Crippen molar-refractivity contribution < 1.29 is 14.3 Å². The van der Waals surface area contributed by atoms with E-state index in [9.17, 15) is 4.79 Å². The van der Waals surface area contributed by atoms with E-state index in [4.69, 9.17) is 21.7 Å². The summed E-state index contributed by atoms with van der Waals surface area (Å²) in [6.45, 7) is 4.44. The second-order valence-electron chi connectivity index (χ2n) is 8.25. The topological polar surface area (TPSA) is 54.0 Å². The molecule has 0 unspecified atom stereocenters. The third-order valence-electron chi connectivity index (χ3n) is 5.79. The number of amides is 1. The molecule has 6 nitrogen and oxygen atoms in total. The number of hydrogen-bond acceptors (Lipinski definition) is 5. The Hall–Kier alpha value is -2.94. The Morgan fingerprint density at radius 1 is 1.00 bits per heavy atom. The van der Waals surface area contributed by atoms with Gasteiger partial charge in [0.1, 0.15) is 4.99 Å². The van der Waals surface area contributed by atoms with Crippen molar-refractivity contribution in [2.24, 2.45) is 0 Å². The molecule has 0 atom stereocenters. The molecule has 0 saturated carbocycles. The number of anilines is 1. The van der Waals surface area contributed by atoms with E-state index < -0.39 is 0 Å². The van der Waals surface area contributed by atoms with E-state index in [0.717, 1.165) is 49.0 Å². The van der Waals surface area contributed by atoms with Crippen LogP contribution in [0.2, 0.25) is 0 Å². The van der Waals surface area contributed by atoms with Gasteiger partial charge in [0.05, 0.1) is 11.6 Å². The van der Waals surface area contributed by atoms with Crippen LogP contribution in [0.25, 0.3) is 0 Å². The van der Waals surface area contributed by atoms with Crippen molar-refractivity contribution in [2.75, 3.05) is 45.2 Å². The highest BCUT2D eigenvalue weighted by atomic mass is 79.9. The molecule has 0 spiro atoms. The third-order valence-corrected chi connectivity index (χ3v) is 6.87. The van der Waals surface area contributed by atoms with Crippen molar-refractivity contribution >= 4 is 44.7 Å². The monoisotopic (exact) mass is 553 g/mol. The van der Waals surface area contributed by atoms with E-state index in [1.54, 1.807) is 7.11 Å². The Morgan fingerprint density at radius 3 is 2.31 bits per heavy atom. The average Bonchev–Trinajstić information content (AvgIpc) is 2.89. The van der Waals surface area contributed by atoms with Gasteiger partial charge in [-0.05, 0) is 45.8 Å². The zero-order chi connectivity index (χ0) is 24.6. The van der Waals surface area contributed by atoms with Crippen molar-refractivity contribution in [1.29, 1.82) is 0 Å². The van der Waals surface area contributed by atoms with Crippen LogP contribution in [0, 0.1) is 0 Å². The first-order valence-corrected chi connectivity index (χ1v) is 12.6. The summed E-state index contributed by atoms with van der Waals surface area (Å²) in [5.41, 5.74) is 2.92. The molecule has 1 aliphatic heterocycles. The predicted octanol–water partition coefficient (Wildman–Crippen LogP) is 4.97. The molecule has 1 amide bonds. The van der Waals surface area contributed by atoms with Gasteiger partial charge in [0.15, 0.2) is 18.1 Å². The number of carbonyl (C=O) groups is 1. The first kappa shape index (κ1) is 25.2. The smallest absolute Gasteiger partial charge is 0.262 e. The number of para-hydroxylation sites is 1. The molecule has 0 bridgehead atoms. The summed E-state index contributed by atoms with van der Waals surface area (Å²) in [5, 5.41) is 2.81. The molecular formula is C27H28BrN3O3S. The quantitative estimate of drug-likeness (QED) is 0.397. The molecule has 1 fully saturated rings. The van der Waals surface area contributed by atoms with Gasteiger partial charge < -0.3 is 19.7 Å². The summed E-state index contributed by atoms with van der Waals surface area (Å²) in [5.74, 6) is 0.736. The minimum atomic E-state index is -0.252. The van der Waals surface area contributed by atoms with Crippen LogP contribution in [0.5, 0.6) is 11.5 Å². The van der Waals surface area contributed by atoms with E-state index in [1.165, 1.54) is 5.56 Å². The largest absolute Gasteiger partial charge is 0.493 e. The molecule has 1 aliphatic rings. The fraction of sp³-hybridized carbons (Fsp3) is 0.259. The van der Waals surface area contributed by atoms with Crippen LogP contribution in [0.15, 0.2) is 77.3 Å². The van der Waals surface area contributed by atoms with Crippen LogP contribution in [0.3, 0.4) is 0 Å². The van der Waals surface area contributed by atoms with Gasteiger partial charge in [-0.15, -0.1) is 0 Å². The molecule has 4 rings (SSSR count). The van der Waals surface area contributed by atoms with Crippen molar-refractivity contribution in [3.8, 4) is 11.5 Å². The van der Waals surface area contributed by atoms with Crippen molar-refractivity contribution in [3.63, 3.8) is 0 Å². The maximum absolute atomic E-state index is 12.3. The fourth-order valence-corrected chi connectivity index (χ4v) is 4.83. The number of benzene rings is 3. The average molecular weight is 555 g/mol. The van der Waals surface area contributed by atoms with Crippen LogP contribution in [0.1, 0.15) is 11.1 Å². The molecule has 0 aliphatic carbocycles. The molecule has 35 heavy (non-hydrogen) atoms. The number of ether oxygens (including phenoxy) is 2. The SMILES string of the molecule is COc1cc(C(=S)N2CCN(Cc3ccccc3)CC2)cc(Br)c1OCC(=O)Nc1ccccc1. The van der Waals surface area contributed by atoms with Gasteiger partial charge in [0.2, 0.25) is 0 Å². The number of halogens is 1. The molecule has 1 heterocycles. The molecule has 1 saturated heterocycles. The van der Waals surface area contributed by atoms with Gasteiger partial charge in [-0.2, -0.15) is 0 Å². The first-order valence-electron chi connectivity index (χ1n) is 11.4. The molecular weight excluding hydrogens is 526 g/mol. The predicted molar refractivity (Wildman–Crippen MR) is 146 cm³/mol. The number of nitrogens with one attached hydrogen (secondary N) is 1. The lowest BCUT2D eigenvalue weighted by Crippen LogP contribution is -2.48. The molecule has 8 heteroatoms. The highest BCUT2D eigenvalue weighted by Gasteiger charge is 2.22. The molecule has 0 aromatic heterocycles. The lowest BCUT2D eigenvalue weighted by molar-refractivity contribution is -0.118. The summed E-state index contributed by atoms with van der Waals surface area (Å²) in [6.07, 6.45) is 0. The highest BCUT2D eigenvalue weighted by molar-refractivity contribution is 9.10. The summed E-state index contributed by atoms with van der Waals surface area (Å²) in [6, 6.07) is 23.6. The van der Waals surface area contributed by atoms with Gasteiger partial charge in [0.25, 0.3) is 5.91 Å². The van der Waals surface area contributed by atoms with Gasteiger partial charge in [-0.25, -0.2) is 0 Å². The van der Waals surface area contributed by atoms with Crippen LogP contribution in [-0.4, -0.2) is 60.6 Å². The number of thiocarbonyl (C=S) groups is 1. The first-order chi connectivity index (χ1) is 17.0. The minimum Gasteiger partial charge on any atom is -0.493 e. The highest BCUT2D eigenvalue weighted by Crippen LogP contribution is 2.37. The lowest BCUT2D eigenvalue weighted by atomic mass is 10.1. The van der Waals surface area contributed by atoms with E-state index in [0.29, 0.717) is 16.0 Å². The number of nitrogens with zero attached hydrogens (tertiary/aromatic N) is 2. The van der Waals surface area contributed by atoms with Gasteiger partial charge in [-0.3, -0.25) is 9.69 Å². The molecule has 3 aromatic carbocycles. The minimum absolute atomic E-state index is 0.142. The maximum Gasteiger partial charge on any atom is 0.262 e. The van der Waals surface area contributed by atoms with Crippen LogP contribution < -0.4 is 14.8 Å².